The zero-order valence-corrected chi connectivity index (χ0v) is 10.7. The van der Waals surface area contributed by atoms with E-state index in [4.69, 9.17) is 0 Å². The predicted molar refractivity (Wildman–Crippen MR) is 71.9 cm³/mol. The van der Waals surface area contributed by atoms with E-state index in [0.29, 0.717) is 4.88 Å². The number of aromatic nitrogens is 3. The molecular weight excluding hydrogens is 282 g/mol. The Balaban J connectivity index is 1.95. The number of rotatable bonds is 3. The maximum atomic E-state index is 11.8. The zero-order valence-electron chi connectivity index (χ0n) is 9.89. The van der Waals surface area contributed by atoms with Crippen molar-refractivity contribution < 1.29 is 9.72 Å². The third kappa shape index (κ3) is 2.10. The van der Waals surface area contributed by atoms with Gasteiger partial charge in [0, 0.05) is 12.3 Å². The summed E-state index contributed by atoms with van der Waals surface area (Å²) < 4.78 is 1.25. The van der Waals surface area contributed by atoms with Gasteiger partial charge in [0.2, 0.25) is 11.6 Å². The highest BCUT2D eigenvalue weighted by molar-refractivity contribution is 7.12. The largest absolute Gasteiger partial charge is 0.313 e. The third-order valence-corrected chi connectivity index (χ3v) is 3.38. The quantitative estimate of drug-likeness (QED) is 0.586. The van der Waals surface area contributed by atoms with Crippen LogP contribution in [0.5, 0.6) is 0 Å². The molecule has 0 aromatic carbocycles. The van der Waals surface area contributed by atoms with E-state index >= 15 is 0 Å². The van der Waals surface area contributed by atoms with Crippen molar-refractivity contribution in [2.45, 2.75) is 0 Å². The topological polar surface area (TPSA) is 102 Å². The molecule has 0 spiro atoms. The molecule has 0 saturated heterocycles. The Labute approximate surface area is 115 Å². The Morgan fingerprint density at radius 1 is 1.40 bits per heavy atom. The highest BCUT2D eigenvalue weighted by atomic mass is 32.1. The van der Waals surface area contributed by atoms with Crippen LogP contribution >= 0.6 is 11.3 Å². The van der Waals surface area contributed by atoms with Crippen LogP contribution in [0.4, 0.5) is 11.6 Å². The van der Waals surface area contributed by atoms with Gasteiger partial charge in [0.05, 0.1) is 9.80 Å². The van der Waals surface area contributed by atoms with Crippen LogP contribution in [0, 0.1) is 10.1 Å². The van der Waals surface area contributed by atoms with Gasteiger partial charge in [-0.15, -0.1) is 16.4 Å². The molecule has 0 aliphatic heterocycles. The SMILES string of the molecule is O=C(Nc1nc2c([N+](=O)[O-])cccn2n1)c1cccs1. The van der Waals surface area contributed by atoms with E-state index in [1.165, 1.54) is 34.2 Å². The van der Waals surface area contributed by atoms with Crippen molar-refractivity contribution in [3.05, 3.63) is 50.8 Å². The summed E-state index contributed by atoms with van der Waals surface area (Å²) in [5.74, 6) is -0.323. The highest BCUT2D eigenvalue weighted by Crippen LogP contribution is 2.19. The minimum absolute atomic E-state index is 0.0256. The number of nitro groups is 1. The van der Waals surface area contributed by atoms with Gasteiger partial charge in [0.25, 0.3) is 5.91 Å². The minimum Gasteiger partial charge on any atom is -0.288 e. The number of hydrogen-bond donors (Lipinski definition) is 1. The van der Waals surface area contributed by atoms with Gasteiger partial charge in [0.1, 0.15) is 0 Å². The molecule has 0 radical (unpaired) electrons. The summed E-state index contributed by atoms with van der Waals surface area (Å²) in [6.07, 6.45) is 1.52. The van der Waals surface area contributed by atoms with E-state index in [0.717, 1.165) is 0 Å². The fourth-order valence-corrected chi connectivity index (χ4v) is 2.28. The first-order valence-electron chi connectivity index (χ1n) is 5.50. The van der Waals surface area contributed by atoms with Gasteiger partial charge in [-0.1, -0.05) is 6.07 Å². The van der Waals surface area contributed by atoms with E-state index in [2.05, 4.69) is 15.4 Å². The van der Waals surface area contributed by atoms with Crippen molar-refractivity contribution in [3.63, 3.8) is 0 Å². The van der Waals surface area contributed by atoms with Gasteiger partial charge in [-0.2, -0.15) is 4.98 Å². The van der Waals surface area contributed by atoms with Crippen LogP contribution in [-0.4, -0.2) is 25.4 Å². The van der Waals surface area contributed by atoms with Gasteiger partial charge in [-0.05, 0) is 17.5 Å². The van der Waals surface area contributed by atoms with E-state index in [9.17, 15) is 14.9 Å². The first-order valence-corrected chi connectivity index (χ1v) is 6.38. The molecule has 8 nitrogen and oxygen atoms in total. The molecule has 3 rings (SSSR count). The minimum atomic E-state index is -0.547. The first kappa shape index (κ1) is 12.2. The van der Waals surface area contributed by atoms with Gasteiger partial charge in [-0.3, -0.25) is 20.2 Å². The highest BCUT2D eigenvalue weighted by Gasteiger charge is 2.17. The summed E-state index contributed by atoms with van der Waals surface area (Å²) in [6, 6.07) is 6.24. The Hall–Kier alpha value is -2.81. The number of carbonyl (C=O) groups excluding carboxylic acids is 1. The second-order valence-electron chi connectivity index (χ2n) is 3.79. The zero-order chi connectivity index (χ0) is 14.1. The maximum Gasteiger partial charge on any atom is 0.313 e. The molecule has 0 atom stereocenters. The third-order valence-electron chi connectivity index (χ3n) is 2.51. The molecule has 0 bridgehead atoms. The number of anilines is 1. The van der Waals surface area contributed by atoms with Crippen molar-refractivity contribution in [1.29, 1.82) is 0 Å². The van der Waals surface area contributed by atoms with Gasteiger partial charge in [0.15, 0.2) is 0 Å². The van der Waals surface area contributed by atoms with Gasteiger partial charge >= 0.3 is 5.69 Å². The van der Waals surface area contributed by atoms with Crippen LogP contribution in [0.15, 0.2) is 35.8 Å². The van der Waals surface area contributed by atoms with Crippen molar-refractivity contribution in [1.82, 2.24) is 14.6 Å². The van der Waals surface area contributed by atoms with Crippen molar-refractivity contribution >= 4 is 34.5 Å². The number of nitrogens with zero attached hydrogens (tertiary/aromatic N) is 4. The molecule has 20 heavy (non-hydrogen) atoms. The average Bonchev–Trinajstić information content (AvgIpc) is 3.06. The number of nitrogens with one attached hydrogen (secondary N) is 1. The summed E-state index contributed by atoms with van der Waals surface area (Å²) in [5, 5.41) is 19.1. The lowest BCUT2D eigenvalue weighted by Gasteiger charge is -1.95. The van der Waals surface area contributed by atoms with Crippen LogP contribution in [0.25, 0.3) is 5.65 Å². The van der Waals surface area contributed by atoms with Crippen molar-refractivity contribution in [2.24, 2.45) is 0 Å². The van der Waals surface area contributed by atoms with Gasteiger partial charge < -0.3 is 0 Å². The van der Waals surface area contributed by atoms with E-state index in [1.54, 1.807) is 17.5 Å². The monoisotopic (exact) mass is 289 g/mol. The lowest BCUT2D eigenvalue weighted by Crippen LogP contribution is -2.11. The lowest BCUT2D eigenvalue weighted by atomic mass is 10.4. The molecule has 3 aromatic rings. The summed E-state index contributed by atoms with van der Waals surface area (Å²) >= 11 is 1.28. The predicted octanol–water partition coefficient (Wildman–Crippen LogP) is 1.95. The number of hydrogen-bond acceptors (Lipinski definition) is 6. The van der Waals surface area contributed by atoms with Crippen molar-refractivity contribution in [2.75, 3.05) is 5.32 Å². The molecule has 0 saturated carbocycles. The summed E-state index contributed by atoms with van der Waals surface area (Å²) in [4.78, 5) is 26.7. The fourth-order valence-electron chi connectivity index (χ4n) is 1.66. The number of pyridine rings is 1. The Morgan fingerprint density at radius 2 is 2.25 bits per heavy atom. The van der Waals surface area contributed by atoms with E-state index < -0.39 is 4.92 Å². The van der Waals surface area contributed by atoms with Crippen molar-refractivity contribution in [3.8, 4) is 0 Å². The second kappa shape index (κ2) is 4.70. The maximum absolute atomic E-state index is 11.8. The molecule has 9 heteroatoms. The van der Waals surface area contributed by atoms with Crippen LogP contribution in [0.2, 0.25) is 0 Å². The Bertz CT molecular complexity index is 796. The molecule has 3 heterocycles. The Kier molecular flexibility index (Phi) is 2.88. The second-order valence-corrected chi connectivity index (χ2v) is 4.73. The Morgan fingerprint density at radius 3 is 2.95 bits per heavy atom. The molecule has 1 amide bonds. The normalized spacial score (nSPS) is 10.6. The molecular formula is C11H7N5O3S. The smallest absolute Gasteiger partial charge is 0.288 e. The summed E-state index contributed by atoms with van der Waals surface area (Å²) in [5.41, 5.74) is -0.0874. The molecule has 3 aromatic heterocycles. The summed E-state index contributed by atoms with van der Waals surface area (Å²) in [7, 11) is 0. The molecule has 100 valence electrons. The van der Waals surface area contributed by atoms with Gasteiger partial charge in [-0.25, -0.2) is 4.52 Å². The van der Waals surface area contributed by atoms with Crippen LogP contribution in [0.3, 0.4) is 0 Å². The molecule has 0 aliphatic carbocycles. The number of thiophene rings is 1. The fraction of sp³-hybridized carbons (Fsp3) is 0. The van der Waals surface area contributed by atoms with Crippen LogP contribution < -0.4 is 5.32 Å². The first-order chi connectivity index (χ1) is 9.65. The van der Waals surface area contributed by atoms with Crippen LogP contribution in [-0.2, 0) is 0 Å². The summed E-state index contributed by atoms with van der Waals surface area (Å²) in [6.45, 7) is 0. The molecule has 0 unspecified atom stereocenters. The molecule has 0 aliphatic rings. The average molecular weight is 289 g/mol. The number of amides is 1. The standard InChI is InChI=1S/C11H7N5O3S/c17-10(8-4-2-6-20-8)13-11-12-9-7(16(18)19)3-1-5-15(9)14-11/h1-6H,(H,13,14,17). The number of carbonyl (C=O) groups is 1. The molecule has 0 fully saturated rings. The van der Waals surface area contributed by atoms with E-state index in [-0.39, 0.29) is 23.2 Å². The number of fused-ring (bicyclic) bond motifs is 1. The lowest BCUT2D eigenvalue weighted by molar-refractivity contribution is -0.383. The molecule has 1 N–H and O–H groups in total. The van der Waals surface area contributed by atoms with Crippen LogP contribution in [0.1, 0.15) is 9.67 Å². The van der Waals surface area contributed by atoms with E-state index in [1.807, 2.05) is 0 Å².